The van der Waals surface area contributed by atoms with Gasteiger partial charge in [-0.3, -0.25) is 0 Å². The first kappa shape index (κ1) is 16.2. The SMILES string of the molecule is OCC1CCC([S+](C2CCCCC2)C2CCCCC2)CC1. The van der Waals surface area contributed by atoms with E-state index in [1.165, 1.54) is 64.2 Å². The van der Waals surface area contributed by atoms with Crippen LogP contribution in [0.2, 0.25) is 0 Å². The third-order valence-corrected chi connectivity index (χ3v) is 10.0. The molecule has 0 aromatic carbocycles. The van der Waals surface area contributed by atoms with Gasteiger partial charge in [0.1, 0.15) is 15.7 Å². The number of rotatable bonds is 4. The molecular formula is C19H35OS+. The van der Waals surface area contributed by atoms with Gasteiger partial charge in [0.25, 0.3) is 0 Å². The molecule has 1 nitrogen and oxygen atoms in total. The van der Waals surface area contributed by atoms with E-state index >= 15 is 0 Å². The molecule has 0 amide bonds. The second-order valence-electron chi connectivity index (χ2n) is 7.75. The van der Waals surface area contributed by atoms with Crippen LogP contribution >= 0.6 is 0 Å². The fourth-order valence-electron chi connectivity index (χ4n) is 5.08. The van der Waals surface area contributed by atoms with E-state index in [9.17, 15) is 5.11 Å². The average molecular weight is 312 g/mol. The van der Waals surface area contributed by atoms with E-state index < -0.39 is 0 Å². The van der Waals surface area contributed by atoms with Crippen LogP contribution in [0.1, 0.15) is 89.9 Å². The lowest BCUT2D eigenvalue weighted by Gasteiger charge is -2.37. The Morgan fingerprint density at radius 3 is 1.43 bits per heavy atom. The molecule has 3 fully saturated rings. The molecule has 0 atom stereocenters. The van der Waals surface area contributed by atoms with Crippen molar-refractivity contribution in [1.29, 1.82) is 0 Å². The highest BCUT2D eigenvalue weighted by atomic mass is 32.2. The second kappa shape index (κ2) is 8.24. The fourth-order valence-corrected chi connectivity index (χ4v) is 9.28. The molecule has 0 aromatic heterocycles. The molecule has 1 N–H and O–H groups in total. The molecule has 122 valence electrons. The molecule has 2 heteroatoms. The van der Waals surface area contributed by atoms with Crippen molar-refractivity contribution in [2.75, 3.05) is 6.61 Å². The second-order valence-corrected chi connectivity index (χ2v) is 10.6. The minimum Gasteiger partial charge on any atom is -0.396 e. The third kappa shape index (κ3) is 4.19. The first-order chi connectivity index (χ1) is 10.4. The van der Waals surface area contributed by atoms with Gasteiger partial charge in [-0.05, 0) is 93.9 Å². The van der Waals surface area contributed by atoms with Crippen LogP contribution in [-0.4, -0.2) is 27.5 Å². The van der Waals surface area contributed by atoms with Crippen molar-refractivity contribution in [2.45, 2.75) is 106 Å². The molecule has 21 heavy (non-hydrogen) atoms. The van der Waals surface area contributed by atoms with Crippen LogP contribution < -0.4 is 0 Å². The molecule has 0 bridgehead atoms. The lowest BCUT2D eigenvalue weighted by molar-refractivity contribution is 0.191. The minimum atomic E-state index is 0.438. The summed E-state index contributed by atoms with van der Waals surface area (Å²) >= 11 is 0. The molecule has 0 aliphatic heterocycles. The summed E-state index contributed by atoms with van der Waals surface area (Å²) in [6, 6.07) is 0. The largest absolute Gasteiger partial charge is 0.396 e. The molecule has 0 saturated heterocycles. The van der Waals surface area contributed by atoms with Gasteiger partial charge >= 0.3 is 0 Å². The van der Waals surface area contributed by atoms with Crippen molar-refractivity contribution in [3.8, 4) is 0 Å². The van der Waals surface area contributed by atoms with Gasteiger partial charge in [0.05, 0.1) is 0 Å². The molecule has 3 aliphatic rings. The Bertz CT molecular complexity index is 268. The lowest BCUT2D eigenvalue weighted by atomic mass is 9.89. The Labute approximate surface area is 134 Å². The van der Waals surface area contributed by atoms with E-state index in [4.69, 9.17) is 0 Å². The Hall–Kier alpha value is 0.310. The standard InChI is InChI=1S/C19H35OS/c20-15-16-11-13-19(14-12-16)21(17-7-3-1-4-8-17)18-9-5-2-6-10-18/h16-20H,1-15H2/q+1. The van der Waals surface area contributed by atoms with Gasteiger partial charge in [-0.2, -0.15) is 0 Å². The Morgan fingerprint density at radius 2 is 1.00 bits per heavy atom. The van der Waals surface area contributed by atoms with Crippen LogP contribution in [0.3, 0.4) is 0 Å². The molecule has 0 unspecified atom stereocenters. The summed E-state index contributed by atoms with van der Waals surface area (Å²) in [5, 5.41) is 12.6. The van der Waals surface area contributed by atoms with Crippen LogP contribution in [0.4, 0.5) is 0 Å². The first-order valence-corrected chi connectivity index (χ1v) is 11.1. The molecule has 0 heterocycles. The summed E-state index contributed by atoms with van der Waals surface area (Å²) < 4.78 is 0. The summed E-state index contributed by atoms with van der Waals surface area (Å²) in [6.45, 7) is 0.438. The number of hydrogen-bond donors (Lipinski definition) is 1. The van der Waals surface area contributed by atoms with E-state index in [-0.39, 0.29) is 0 Å². The Kier molecular flexibility index (Phi) is 6.35. The van der Waals surface area contributed by atoms with Crippen molar-refractivity contribution in [2.24, 2.45) is 5.92 Å². The Morgan fingerprint density at radius 1 is 0.571 bits per heavy atom. The van der Waals surface area contributed by atoms with Gasteiger partial charge in [-0.1, -0.05) is 12.8 Å². The van der Waals surface area contributed by atoms with Crippen LogP contribution in [0.5, 0.6) is 0 Å². The lowest BCUT2D eigenvalue weighted by Crippen LogP contribution is -2.44. The zero-order chi connectivity index (χ0) is 14.5. The Balaban J connectivity index is 1.65. The maximum Gasteiger partial charge on any atom is 0.118 e. The maximum absolute atomic E-state index is 9.42. The summed E-state index contributed by atoms with van der Waals surface area (Å²) in [6.07, 6.45) is 20.7. The van der Waals surface area contributed by atoms with Crippen molar-refractivity contribution in [1.82, 2.24) is 0 Å². The molecule has 0 aromatic rings. The zero-order valence-electron chi connectivity index (χ0n) is 13.8. The first-order valence-electron chi connectivity index (χ1n) is 9.70. The highest BCUT2D eigenvalue weighted by Gasteiger charge is 2.45. The summed E-state index contributed by atoms with van der Waals surface area (Å²) in [7, 11) is 0.718. The minimum absolute atomic E-state index is 0.438. The predicted octanol–water partition coefficient (Wildman–Crippen LogP) is 4.82. The number of aliphatic hydroxyl groups is 1. The average Bonchev–Trinajstić information content (AvgIpc) is 2.58. The maximum atomic E-state index is 9.42. The smallest absolute Gasteiger partial charge is 0.118 e. The highest BCUT2D eigenvalue weighted by molar-refractivity contribution is 7.98. The normalized spacial score (nSPS) is 33.4. The predicted molar refractivity (Wildman–Crippen MR) is 93.9 cm³/mol. The highest BCUT2D eigenvalue weighted by Crippen LogP contribution is 2.41. The van der Waals surface area contributed by atoms with Gasteiger partial charge in [0, 0.05) is 6.61 Å². The molecule has 3 saturated carbocycles. The van der Waals surface area contributed by atoms with Crippen molar-refractivity contribution in [3.05, 3.63) is 0 Å². The van der Waals surface area contributed by atoms with Crippen molar-refractivity contribution in [3.63, 3.8) is 0 Å². The van der Waals surface area contributed by atoms with E-state index in [0.717, 1.165) is 26.6 Å². The quantitative estimate of drug-likeness (QED) is 0.738. The fraction of sp³-hybridized carbons (Fsp3) is 1.00. The van der Waals surface area contributed by atoms with E-state index in [2.05, 4.69) is 0 Å². The van der Waals surface area contributed by atoms with Gasteiger partial charge in [-0.15, -0.1) is 0 Å². The van der Waals surface area contributed by atoms with Gasteiger partial charge in [0.15, 0.2) is 0 Å². The summed E-state index contributed by atoms with van der Waals surface area (Å²) in [5.74, 6) is 0.629. The topological polar surface area (TPSA) is 20.2 Å². The van der Waals surface area contributed by atoms with Crippen molar-refractivity contribution >= 4 is 10.9 Å². The number of aliphatic hydroxyl groups excluding tert-OH is 1. The van der Waals surface area contributed by atoms with Crippen molar-refractivity contribution < 1.29 is 5.11 Å². The summed E-state index contributed by atoms with van der Waals surface area (Å²) in [5.41, 5.74) is 0. The van der Waals surface area contributed by atoms with E-state index in [1.54, 1.807) is 25.7 Å². The van der Waals surface area contributed by atoms with Gasteiger partial charge in [-0.25, -0.2) is 0 Å². The van der Waals surface area contributed by atoms with E-state index in [1.807, 2.05) is 0 Å². The zero-order valence-corrected chi connectivity index (χ0v) is 14.6. The molecule has 3 aliphatic carbocycles. The summed E-state index contributed by atoms with van der Waals surface area (Å²) in [4.78, 5) is 0. The molecular weight excluding hydrogens is 276 g/mol. The third-order valence-electron chi connectivity index (χ3n) is 6.31. The van der Waals surface area contributed by atoms with Gasteiger partial charge in [0.2, 0.25) is 0 Å². The molecule has 3 rings (SSSR count). The van der Waals surface area contributed by atoms with E-state index in [0.29, 0.717) is 12.5 Å². The van der Waals surface area contributed by atoms with Gasteiger partial charge < -0.3 is 5.11 Å². The number of hydrogen-bond acceptors (Lipinski definition) is 1. The van der Waals surface area contributed by atoms with Crippen LogP contribution in [0.25, 0.3) is 0 Å². The van der Waals surface area contributed by atoms with Crippen LogP contribution in [0.15, 0.2) is 0 Å². The van der Waals surface area contributed by atoms with Crippen LogP contribution in [0, 0.1) is 5.92 Å². The molecule has 0 radical (unpaired) electrons. The van der Waals surface area contributed by atoms with Crippen LogP contribution in [-0.2, 0) is 10.9 Å². The molecule has 0 spiro atoms. The monoisotopic (exact) mass is 311 g/mol.